The van der Waals surface area contributed by atoms with Crippen LogP contribution in [-0.2, 0) is 23.8 Å². The average Bonchev–Trinajstić information content (AvgIpc) is 2.98. The van der Waals surface area contributed by atoms with Crippen molar-refractivity contribution in [1.82, 2.24) is 0 Å². The van der Waals surface area contributed by atoms with Gasteiger partial charge in [0.05, 0.1) is 24.2 Å². The highest BCUT2D eigenvalue weighted by Crippen LogP contribution is 2.48. The molecule has 8 nitrogen and oxygen atoms in total. The van der Waals surface area contributed by atoms with Crippen LogP contribution in [0.5, 0.6) is 0 Å². The molecule has 0 unspecified atom stereocenters. The molecule has 0 aliphatic carbocycles. The van der Waals surface area contributed by atoms with Crippen molar-refractivity contribution < 1.29 is 39.1 Å². The molecule has 0 aromatic carbocycles. The summed E-state index contributed by atoms with van der Waals surface area (Å²) < 4.78 is 16.6. The van der Waals surface area contributed by atoms with Crippen molar-refractivity contribution in [3.8, 4) is 0 Å². The van der Waals surface area contributed by atoms with E-state index in [1.807, 2.05) is 0 Å². The standard InChI is InChI=1S/C19H24O8/c1-9(2)16(22)26-13-6-18(4)14(21)7-19(24,27-18)11(8-20)5-12-15(13)10(3)17(23)25-12/h5,12-15,20-21,24H,1,3,6-8H2,2,4H3/b11-5-/t12-,13+,14-,15-,18+,19-/m0/s1. The number of esters is 2. The predicted octanol–water partition coefficient (Wildman–Crippen LogP) is 0.123. The molecule has 27 heavy (non-hydrogen) atoms. The van der Waals surface area contributed by atoms with E-state index in [2.05, 4.69) is 13.2 Å². The Morgan fingerprint density at radius 1 is 1.44 bits per heavy atom. The SMILES string of the molecule is C=C(C)C(=O)O[C@@H]1C[C@@]2(C)O[C@@](O)(C[C@@H]2O)/C(CO)=C\[C@@H]2OC(=O)C(=C)[C@@H]21. The van der Waals surface area contributed by atoms with Crippen LogP contribution in [0.2, 0.25) is 0 Å². The van der Waals surface area contributed by atoms with Crippen molar-refractivity contribution in [1.29, 1.82) is 0 Å². The van der Waals surface area contributed by atoms with E-state index in [1.54, 1.807) is 6.92 Å². The normalized spacial score (nSPS) is 42.9. The van der Waals surface area contributed by atoms with Crippen molar-refractivity contribution >= 4 is 11.9 Å². The van der Waals surface area contributed by atoms with Crippen molar-refractivity contribution in [3.05, 3.63) is 36.0 Å². The number of hydrogen-bond donors (Lipinski definition) is 3. The maximum atomic E-state index is 12.2. The molecule has 0 aromatic rings. The van der Waals surface area contributed by atoms with Gasteiger partial charge < -0.3 is 29.5 Å². The van der Waals surface area contributed by atoms with Gasteiger partial charge in [0, 0.05) is 29.6 Å². The molecule has 0 radical (unpaired) electrons. The van der Waals surface area contributed by atoms with Crippen LogP contribution < -0.4 is 0 Å². The molecule has 0 aromatic heterocycles. The maximum absolute atomic E-state index is 12.2. The third-order valence-corrected chi connectivity index (χ3v) is 5.49. The monoisotopic (exact) mass is 380 g/mol. The van der Waals surface area contributed by atoms with E-state index < -0.39 is 54.2 Å². The molecule has 2 bridgehead atoms. The van der Waals surface area contributed by atoms with E-state index in [9.17, 15) is 24.9 Å². The Morgan fingerprint density at radius 2 is 2.11 bits per heavy atom. The number of carbonyl (C=O) groups excluding carboxylic acids is 2. The van der Waals surface area contributed by atoms with Gasteiger partial charge in [-0.1, -0.05) is 13.2 Å². The molecule has 2 saturated heterocycles. The number of carbonyl (C=O) groups is 2. The van der Waals surface area contributed by atoms with E-state index in [4.69, 9.17) is 14.2 Å². The molecule has 2 fully saturated rings. The van der Waals surface area contributed by atoms with Gasteiger partial charge in [-0.2, -0.15) is 0 Å². The van der Waals surface area contributed by atoms with Gasteiger partial charge in [-0.3, -0.25) is 0 Å². The molecule has 0 saturated carbocycles. The first kappa shape index (κ1) is 19.8. The number of ether oxygens (including phenoxy) is 3. The molecule has 3 aliphatic heterocycles. The van der Waals surface area contributed by atoms with Crippen molar-refractivity contribution in [2.24, 2.45) is 5.92 Å². The summed E-state index contributed by atoms with van der Waals surface area (Å²) in [6, 6.07) is 0. The zero-order valence-electron chi connectivity index (χ0n) is 15.3. The maximum Gasteiger partial charge on any atom is 0.334 e. The lowest BCUT2D eigenvalue weighted by atomic mass is 9.80. The van der Waals surface area contributed by atoms with E-state index in [1.165, 1.54) is 13.0 Å². The van der Waals surface area contributed by atoms with Crippen LogP contribution in [0.3, 0.4) is 0 Å². The highest BCUT2D eigenvalue weighted by Gasteiger charge is 2.58. The number of aliphatic hydroxyl groups is 3. The number of aliphatic hydroxyl groups excluding tert-OH is 2. The third-order valence-electron chi connectivity index (χ3n) is 5.49. The van der Waals surface area contributed by atoms with Crippen molar-refractivity contribution in [3.63, 3.8) is 0 Å². The fourth-order valence-electron chi connectivity index (χ4n) is 3.91. The topological polar surface area (TPSA) is 123 Å². The Kier molecular flexibility index (Phi) is 4.80. The van der Waals surface area contributed by atoms with E-state index in [-0.39, 0.29) is 29.6 Å². The molecule has 3 N–H and O–H groups in total. The Morgan fingerprint density at radius 3 is 2.70 bits per heavy atom. The molecule has 0 spiro atoms. The predicted molar refractivity (Wildman–Crippen MR) is 92.1 cm³/mol. The van der Waals surface area contributed by atoms with Crippen LogP contribution in [0.15, 0.2) is 36.0 Å². The van der Waals surface area contributed by atoms with Gasteiger partial charge in [0.1, 0.15) is 12.2 Å². The minimum absolute atomic E-state index is 0.0150. The first-order chi connectivity index (χ1) is 12.5. The Bertz CT molecular complexity index is 740. The molecule has 3 rings (SSSR count). The quantitative estimate of drug-likeness (QED) is 0.359. The molecule has 3 heterocycles. The van der Waals surface area contributed by atoms with Gasteiger partial charge in [-0.05, 0) is 19.9 Å². The zero-order chi connectivity index (χ0) is 20.1. The summed E-state index contributed by atoms with van der Waals surface area (Å²) in [5.41, 5.74) is -0.946. The molecule has 6 atom stereocenters. The third kappa shape index (κ3) is 3.23. The second-order valence-electron chi connectivity index (χ2n) is 7.62. The minimum Gasteiger partial charge on any atom is -0.458 e. The van der Waals surface area contributed by atoms with Gasteiger partial charge in [0.25, 0.3) is 0 Å². The smallest absolute Gasteiger partial charge is 0.334 e. The lowest BCUT2D eigenvalue weighted by Crippen LogP contribution is -2.44. The first-order valence-electron chi connectivity index (χ1n) is 8.69. The summed E-state index contributed by atoms with van der Waals surface area (Å²) in [5.74, 6) is -3.99. The summed E-state index contributed by atoms with van der Waals surface area (Å²) in [7, 11) is 0. The second kappa shape index (κ2) is 6.56. The van der Waals surface area contributed by atoms with E-state index in [0.717, 1.165) is 0 Å². The van der Waals surface area contributed by atoms with Crippen LogP contribution in [0.4, 0.5) is 0 Å². The molecule has 3 aliphatic rings. The highest BCUT2D eigenvalue weighted by atomic mass is 16.7. The fraction of sp³-hybridized carbons (Fsp3) is 0.579. The van der Waals surface area contributed by atoms with Crippen LogP contribution >= 0.6 is 0 Å². The lowest BCUT2D eigenvalue weighted by molar-refractivity contribution is -0.211. The molecule has 0 amide bonds. The van der Waals surface area contributed by atoms with Crippen LogP contribution in [0.1, 0.15) is 26.7 Å². The Labute approximate surface area is 156 Å². The van der Waals surface area contributed by atoms with Crippen LogP contribution in [0.25, 0.3) is 0 Å². The lowest BCUT2D eigenvalue weighted by Gasteiger charge is -2.34. The first-order valence-corrected chi connectivity index (χ1v) is 8.69. The number of rotatable bonds is 3. The summed E-state index contributed by atoms with van der Waals surface area (Å²) in [6.07, 6.45) is -1.72. The van der Waals surface area contributed by atoms with Gasteiger partial charge in [-0.15, -0.1) is 0 Å². The largest absolute Gasteiger partial charge is 0.458 e. The summed E-state index contributed by atoms with van der Waals surface area (Å²) >= 11 is 0. The van der Waals surface area contributed by atoms with Gasteiger partial charge in [0.2, 0.25) is 0 Å². The summed E-state index contributed by atoms with van der Waals surface area (Å²) in [5, 5.41) is 31.1. The van der Waals surface area contributed by atoms with Crippen molar-refractivity contribution in [2.75, 3.05) is 6.61 Å². The van der Waals surface area contributed by atoms with Gasteiger partial charge in [0.15, 0.2) is 5.79 Å². The fourth-order valence-corrected chi connectivity index (χ4v) is 3.91. The Balaban J connectivity index is 2.10. The molecule has 8 heteroatoms. The van der Waals surface area contributed by atoms with E-state index >= 15 is 0 Å². The van der Waals surface area contributed by atoms with Crippen LogP contribution in [-0.4, -0.2) is 63.6 Å². The summed E-state index contributed by atoms with van der Waals surface area (Å²) in [4.78, 5) is 24.3. The number of fused-ring (bicyclic) bond motifs is 3. The molecular formula is C19H24O8. The van der Waals surface area contributed by atoms with Gasteiger partial charge >= 0.3 is 11.9 Å². The molecular weight excluding hydrogens is 356 g/mol. The van der Waals surface area contributed by atoms with E-state index in [0.29, 0.717) is 0 Å². The average molecular weight is 380 g/mol. The second-order valence-corrected chi connectivity index (χ2v) is 7.62. The van der Waals surface area contributed by atoms with Crippen molar-refractivity contribution in [2.45, 2.75) is 56.4 Å². The van der Waals surface area contributed by atoms with Crippen LogP contribution in [0, 0.1) is 5.92 Å². The zero-order valence-corrected chi connectivity index (χ0v) is 15.3. The Hall–Kier alpha value is -2.00. The summed E-state index contributed by atoms with van der Waals surface area (Å²) in [6.45, 7) is 9.81. The molecule has 148 valence electrons. The highest BCUT2D eigenvalue weighted by molar-refractivity contribution is 5.91. The van der Waals surface area contributed by atoms with Gasteiger partial charge in [-0.25, -0.2) is 9.59 Å². The minimum atomic E-state index is -1.92. The number of hydrogen-bond acceptors (Lipinski definition) is 8.